The molecular formula is C18H27N3. The summed E-state index contributed by atoms with van der Waals surface area (Å²) in [6, 6.07) is 9.27. The Labute approximate surface area is 128 Å². The van der Waals surface area contributed by atoms with Gasteiger partial charge in [0, 0.05) is 7.05 Å². The molecule has 1 heterocycles. The van der Waals surface area contributed by atoms with Crippen LogP contribution >= 0.6 is 0 Å². The summed E-state index contributed by atoms with van der Waals surface area (Å²) in [7, 11) is 2.03. The largest absolute Gasteiger partial charge is 0.308 e. The van der Waals surface area contributed by atoms with Gasteiger partial charge in [0.15, 0.2) is 0 Å². The molecule has 0 radical (unpaired) electrons. The van der Waals surface area contributed by atoms with E-state index in [1.807, 2.05) is 11.7 Å². The van der Waals surface area contributed by atoms with Gasteiger partial charge in [0.05, 0.1) is 17.4 Å². The van der Waals surface area contributed by atoms with Crippen LogP contribution in [0.1, 0.15) is 47.5 Å². The lowest BCUT2D eigenvalue weighted by Crippen LogP contribution is -2.26. The van der Waals surface area contributed by atoms with E-state index in [0.29, 0.717) is 6.04 Å². The van der Waals surface area contributed by atoms with Crippen LogP contribution in [0.25, 0.3) is 0 Å². The highest BCUT2D eigenvalue weighted by Gasteiger charge is 2.16. The van der Waals surface area contributed by atoms with E-state index < -0.39 is 0 Å². The van der Waals surface area contributed by atoms with Crippen molar-refractivity contribution in [3.05, 3.63) is 52.3 Å². The highest BCUT2D eigenvalue weighted by Crippen LogP contribution is 2.20. The van der Waals surface area contributed by atoms with Crippen LogP contribution in [0.4, 0.5) is 0 Å². The van der Waals surface area contributed by atoms with Gasteiger partial charge in [0.1, 0.15) is 0 Å². The number of aromatic nitrogens is 2. The Morgan fingerprint density at radius 2 is 1.90 bits per heavy atom. The van der Waals surface area contributed by atoms with Crippen LogP contribution in [0, 0.1) is 20.8 Å². The van der Waals surface area contributed by atoms with E-state index >= 15 is 0 Å². The molecule has 0 aliphatic rings. The van der Waals surface area contributed by atoms with Gasteiger partial charge in [-0.1, -0.05) is 25.1 Å². The Hall–Kier alpha value is -1.61. The molecule has 1 unspecified atom stereocenters. The predicted octanol–water partition coefficient (Wildman–Crippen LogP) is 3.63. The first-order valence-electron chi connectivity index (χ1n) is 7.81. The van der Waals surface area contributed by atoms with Gasteiger partial charge < -0.3 is 5.32 Å². The first kappa shape index (κ1) is 15.8. The van der Waals surface area contributed by atoms with Crippen LogP contribution in [0.5, 0.6) is 0 Å². The molecule has 1 aromatic carbocycles. The molecule has 1 atom stereocenters. The average Bonchev–Trinajstić information content (AvgIpc) is 2.77. The lowest BCUT2D eigenvalue weighted by atomic mass is 9.99. The second-order valence-electron chi connectivity index (χ2n) is 5.96. The Kier molecular flexibility index (Phi) is 5.18. The van der Waals surface area contributed by atoms with Gasteiger partial charge in [-0.3, -0.25) is 4.68 Å². The molecule has 114 valence electrons. The molecule has 0 amide bonds. The van der Waals surface area contributed by atoms with Crippen molar-refractivity contribution in [2.75, 3.05) is 6.54 Å². The summed E-state index contributed by atoms with van der Waals surface area (Å²) in [4.78, 5) is 0. The normalized spacial score (nSPS) is 12.6. The van der Waals surface area contributed by atoms with Crippen molar-refractivity contribution in [1.82, 2.24) is 15.1 Å². The average molecular weight is 285 g/mol. The SMILES string of the molecule is CCCNC(Cc1ccc(C)c(C)c1)c1cc(C)nn1C. The summed E-state index contributed by atoms with van der Waals surface area (Å²) >= 11 is 0. The molecule has 0 saturated carbocycles. The Balaban J connectivity index is 2.23. The Bertz CT molecular complexity index is 599. The summed E-state index contributed by atoms with van der Waals surface area (Å²) in [5.74, 6) is 0. The molecule has 3 nitrogen and oxygen atoms in total. The van der Waals surface area contributed by atoms with Gasteiger partial charge in [0.2, 0.25) is 0 Å². The summed E-state index contributed by atoms with van der Waals surface area (Å²) < 4.78 is 2.00. The maximum Gasteiger partial charge on any atom is 0.0597 e. The van der Waals surface area contributed by atoms with Crippen molar-refractivity contribution in [2.45, 2.75) is 46.6 Å². The van der Waals surface area contributed by atoms with Gasteiger partial charge in [-0.2, -0.15) is 5.10 Å². The Morgan fingerprint density at radius 1 is 1.14 bits per heavy atom. The fourth-order valence-electron chi connectivity index (χ4n) is 2.72. The van der Waals surface area contributed by atoms with Gasteiger partial charge in [-0.05, 0) is 62.9 Å². The minimum Gasteiger partial charge on any atom is -0.308 e. The van der Waals surface area contributed by atoms with Crippen molar-refractivity contribution < 1.29 is 0 Å². The third-order valence-corrected chi connectivity index (χ3v) is 4.05. The molecule has 0 fully saturated rings. The van der Waals surface area contributed by atoms with E-state index in [0.717, 1.165) is 25.1 Å². The monoisotopic (exact) mass is 285 g/mol. The second kappa shape index (κ2) is 6.90. The highest BCUT2D eigenvalue weighted by molar-refractivity contribution is 5.31. The van der Waals surface area contributed by atoms with E-state index in [1.165, 1.54) is 22.4 Å². The van der Waals surface area contributed by atoms with Crippen LogP contribution in [0.3, 0.4) is 0 Å². The lowest BCUT2D eigenvalue weighted by Gasteiger charge is -2.19. The predicted molar refractivity (Wildman–Crippen MR) is 88.6 cm³/mol. The summed E-state index contributed by atoms with van der Waals surface area (Å²) in [6.07, 6.45) is 2.14. The lowest BCUT2D eigenvalue weighted by molar-refractivity contribution is 0.493. The summed E-state index contributed by atoms with van der Waals surface area (Å²) in [5, 5.41) is 8.15. The molecule has 0 saturated heterocycles. The smallest absolute Gasteiger partial charge is 0.0597 e. The van der Waals surface area contributed by atoms with Crippen molar-refractivity contribution >= 4 is 0 Å². The van der Waals surface area contributed by atoms with Crippen molar-refractivity contribution in [3.8, 4) is 0 Å². The zero-order chi connectivity index (χ0) is 15.4. The van der Waals surface area contributed by atoms with Crippen LogP contribution in [-0.2, 0) is 13.5 Å². The van der Waals surface area contributed by atoms with E-state index in [2.05, 4.69) is 62.4 Å². The van der Waals surface area contributed by atoms with Gasteiger partial charge in [0.25, 0.3) is 0 Å². The number of rotatable bonds is 6. The minimum absolute atomic E-state index is 0.318. The molecule has 3 heteroatoms. The number of hydrogen-bond acceptors (Lipinski definition) is 2. The van der Waals surface area contributed by atoms with Crippen molar-refractivity contribution in [2.24, 2.45) is 7.05 Å². The van der Waals surface area contributed by atoms with E-state index in [-0.39, 0.29) is 0 Å². The Morgan fingerprint density at radius 3 is 2.48 bits per heavy atom. The molecular weight excluding hydrogens is 258 g/mol. The first-order valence-corrected chi connectivity index (χ1v) is 7.81. The van der Waals surface area contributed by atoms with Crippen molar-refractivity contribution in [3.63, 3.8) is 0 Å². The highest BCUT2D eigenvalue weighted by atomic mass is 15.3. The van der Waals surface area contributed by atoms with E-state index in [9.17, 15) is 0 Å². The maximum absolute atomic E-state index is 4.49. The third-order valence-electron chi connectivity index (χ3n) is 4.05. The number of aryl methyl sites for hydroxylation is 4. The molecule has 2 aromatic rings. The topological polar surface area (TPSA) is 29.9 Å². The van der Waals surface area contributed by atoms with Gasteiger partial charge in [-0.15, -0.1) is 0 Å². The zero-order valence-electron chi connectivity index (χ0n) is 13.9. The fraction of sp³-hybridized carbons (Fsp3) is 0.500. The molecule has 0 aliphatic heterocycles. The number of benzene rings is 1. The summed E-state index contributed by atoms with van der Waals surface area (Å²) in [5.41, 5.74) is 6.44. The van der Waals surface area contributed by atoms with Crippen molar-refractivity contribution in [1.29, 1.82) is 0 Å². The first-order chi connectivity index (χ1) is 10.0. The molecule has 0 bridgehead atoms. The third kappa shape index (κ3) is 3.94. The molecule has 0 aliphatic carbocycles. The minimum atomic E-state index is 0.318. The fourth-order valence-corrected chi connectivity index (χ4v) is 2.72. The zero-order valence-corrected chi connectivity index (χ0v) is 13.9. The molecule has 2 rings (SSSR count). The molecule has 0 spiro atoms. The second-order valence-corrected chi connectivity index (χ2v) is 5.96. The van der Waals surface area contributed by atoms with Crippen LogP contribution in [0.2, 0.25) is 0 Å². The van der Waals surface area contributed by atoms with Crippen LogP contribution in [0.15, 0.2) is 24.3 Å². The van der Waals surface area contributed by atoms with Gasteiger partial charge >= 0.3 is 0 Å². The quantitative estimate of drug-likeness (QED) is 0.878. The molecule has 1 N–H and O–H groups in total. The van der Waals surface area contributed by atoms with E-state index in [1.54, 1.807) is 0 Å². The molecule has 1 aromatic heterocycles. The number of nitrogens with one attached hydrogen (secondary N) is 1. The van der Waals surface area contributed by atoms with Gasteiger partial charge in [-0.25, -0.2) is 0 Å². The standard InChI is InChI=1S/C18H27N3/c1-6-9-19-17(18-11-15(4)20-21(18)5)12-16-8-7-13(2)14(3)10-16/h7-8,10-11,17,19H,6,9,12H2,1-5H3. The maximum atomic E-state index is 4.49. The van der Waals surface area contributed by atoms with Crippen LogP contribution in [-0.4, -0.2) is 16.3 Å². The summed E-state index contributed by atoms with van der Waals surface area (Å²) in [6.45, 7) is 9.63. The van der Waals surface area contributed by atoms with Crippen LogP contribution < -0.4 is 5.32 Å². The number of hydrogen-bond donors (Lipinski definition) is 1. The molecule has 21 heavy (non-hydrogen) atoms. The van der Waals surface area contributed by atoms with E-state index in [4.69, 9.17) is 0 Å². The number of nitrogens with zero attached hydrogens (tertiary/aromatic N) is 2.